The van der Waals surface area contributed by atoms with Gasteiger partial charge in [0.2, 0.25) is 0 Å². The zero-order chi connectivity index (χ0) is 13.1. The van der Waals surface area contributed by atoms with Crippen LogP contribution in [-0.2, 0) is 6.42 Å². The summed E-state index contributed by atoms with van der Waals surface area (Å²) >= 11 is 11.1. The molecule has 2 nitrogen and oxygen atoms in total. The Morgan fingerprint density at radius 3 is 2.72 bits per heavy atom. The molecule has 1 atom stereocenters. The molecule has 0 bridgehead atoms. The molecule has 3 N–H and O–H groups in total. The normalized spacial score (nSPS) is 12.7. The van der Waals surface area contributed by atoms with E-state index in [9.17, 15) is 4.39 Å². The number of benzene rings is 1. The molecule has 18 heavy (non-hydrogen) atoms. The smallest absolute Gasteiger partial charge is 0.124 e. The zero-order valence-electron chi connectivity index (χ0n) is 9.29. The number of thiophene rings is 1. The minimum Gasteiger partial charge on any atom is -0.271 e. The lowest BCUT2D eigenvalue weighted by Crippen LogP contribution is -2.29. The van der Waals surface area contributed by atoms with Gasteiger partial charge in [-0.2, -0.15) is 0 Å². The molecule has 0 spiro atoms. The summed E-state index contributed by atoms with van der Waals surface area (Å²) in [6.45, 7) is 0. The van der Waals surface area contributed by atoms with Gasteiger partial charge < -0.3 is 0 Å². The Morgan fingerprint density at radius 1 is 1.39 bits per heavy atom. The molecule has 0 aliphatic rings. The lowest BCUT2D eigenvalue weighted by Gasteiger charge is -2.16. The monoisotopic (exact) mass is 348 g/mol. The first-order chi connectivity index (χ1) is 8.60. The summed E-state index contributed by atoms with van der Waals surface area (Å²) in [4.78, 5) is 1.17. The van der Waals surface area contributed by atoms with Gasteiger partial charge in [0, 0.05) is 16.3 Å². The van der Waals surface area contributed by atoms with E-state index in [0.717, 1.165) is 9.35 Å². The summed E-state index contributed by atoms with van der Waals surface area (Å²) in [7, 11) is 0. The van der Waals surface area contributed by atoms with Crippen LogP contribution in [0.1, 0.15) is 16.5 Å². The van der Waals surface area contributed by atoms with Gasteiger partial charge in [0.25, 0.3) is 0 Å². The molecule has 0 saturated carbocycles. The molecule has 1 unspecified atom stereocenters. The van der Waals surface area contributed by atoms with Crippen molar-refractivity contribution in [1.82, 2.24) is 5.43 Å². The van der Waals surface area contributed by atoms with Crippen molar-refractivity contribution in [3.63, 3.8) is 0 Å². The van der Waals surface area contributed by atoms with Crippen molar-refractivity contribution in [3.05, 3.63) is 55.4 Å². The topological polar surface area (TPSA) is 38.0 Å². The molecule has 1 heterocycles. The lowest BCUT2D eigenvalue weighted by molar-refractivity contribution is 0.553. The first-order valence-electron chi connectivity index (χ1n) is 5.25. The maximum Gasteiger partial charge on any atom is 0.124 e. The Balaban J connectivity index is 2.22. The quantitative estimate of drug-likeness (QED) is 0.645. The van der Waals surface area contributed by atoms with Gasteiger partial charge in [-0.25, -0.2) is 4.39 Å². The number of hydrogen-bond donors (Lipinski definition) is 2. The van der Waals surface area contributed by atoms with Crippen LogP contribution in [0.5, 0.6) is 0 Å². The van der Waals surface area contributed by atoms with E-state index in [4.69, 9.17) is 17.4 Å². The van der Waals surface area contributed by atoms with Gasteiger partial charge in [-0.15, -0.1) is 11.3 Å². The lowest BCUT2D eigenvalue weighted by atomic mass is 10.0. The third-order valence-corrected chi connectivity index (χ3v) is 4.55. The van der Waals surface area contributed by atoms with E-state index < -0.39 is 0 Å². The Hall–Kier alpha value is -0.460. The molecule has 2 aromatic rings. The van der Waals surface area contributed by atoms with Crippen LogP contribution in [0.25, 0.3) is 0 Å². The van der Waals surface area contributed by atoms with Crippen LogP contribution in [0.15, 0.2) is 34.1 Å². The number of hydrogen-bond acceptors (Lipinski definition) is 3. The number of hydrazine groups is 1. The molecule has 0 amide bonds. The second kappa shape index (κ2) is 6.12. The molecule has 0 radical (unpaired) electrons. The molecule has 96 valence electrons. The van der Waals surface area contributed by atoms with Gasteiger partial charge in [-0.3, -0.25) is 11.3 Å². The third kappa shape index (κ3) is 3.30. The number of rotatable bonds is 4. The molecule has 6 heteroatoms. The van der Waals surface area contributed by atoms with Gasteiger partial charge in [-0.1, -0.05) is 17.7 Å². The van der Waals surface area contributed by atoms with Gasteiger partial charge in [0.15, 0.2) is 0 Å². The molecule has 2 rings (SSSR count). The maximum atomic E-state index is 13.0. The highest BCUT2D eigenvalue weighted by Gasteiger charge is 2.15. The number of nitrogens with one attached hydrogen (secondary N) is 1. The minimum absolute atomic E-state index is 0.136. The Morgan fingerprint density at radius 2 is 2.17 bits per heavy atom. The largest absolute Gasteiger partial charge is 0.271 e. The molecule has 0 aliphatic heterocycles. The van der Waals surface area contributed by atoms with Crippen LogP contribution in [0.4, 0.5) is 4.39 Å². The predicted octanol–water partition coefficient (Wildman–Crippen LogP) is 4.05. The Bertz CT molecular complexity index is 547. The van der Waals surface area contributed by atoms with E-state index in [0.29, 0.717) is 11.4 Å². The van der Waals surface area contributed by atoms with Gasteiger partial charge in [0.1, 0.15) is 5.82 Å². The van der Waals surface area contributed by atoms with Gasteiger partial charge in [-0.05, 0) is 45.8 Å². The average molecular weight is 350 g/mol. The van der Waals surface area contributed by atoms with Crippen molar-refractivity contribution in [2.45, 2.75) is 12.5 Å². The zero-order valence-corrected chi connectivity index (χ0v) is 12.4. The highest BCUT2D eigenvalue weighted by molar-refractivity contribution is 9.11. The number of nitrogens with two attached hydrogens (primary N) is 1. The molecule has 1 aromatic carbocycles. The fourth-order valence-corrected chi connectivity index (χ4v) is 3.53. The van der Waals surface area contributed by atoms with E-state index >= 15 is 0 Å². The van der Waals surface area contributed by atoms with Gasteiger partial charge in [0.05, 0.1) is 9.83 Å². The summed E-state index contributed by atoms with van der Waals surface area (Å²) in [6.07, 6.45) is 0.706. The van der Waals surface area contributed by atoms with Crippen molar-refractivity contribution in [2.75, 3.05) is 0 Å². The fraction of sp³-hybridized carbons (Fsp3) is 0.167. The summed E-state index contributed by atoms with van der Waals surface area (Å²) in [6, 6.07) is 8.21. The Kier molecular flexibility index (Phi) is 4.75. The second-order valence-electron chi connectivity index (χ2n) is 3.80. The second-order valence-corrected chi connectivity index (χ2v) is 6.75. The third-order valence-electron chi connectivity index (χ3n) is 2.57. The maximum absolute atomic E-state index is 13.0. The van der Waals surface area contributed by atoms with Crippen LogP contribution in [0, 0.1) is 5.82 Å². The molecular formula is C12H11BrClFN2S. The van der Waals surface area contributed by atoms with E-state index in [1.54, 1.807) is 17.4 Å². The van der Waals surface area contributed by atoms with E-state index in [-0.39, 0.29) is 11.9 Å². The highest BCUT2D eigenvalue weighted by atomic mass is 79.9. The molecular weight excluding hydrogens is 339 g/mol. The van der Waals surface area contributed by atoms with Crippen LogP contribution in [-0.4, -0.2) is 0 Å². The van der Waals surface area contributed by atoms with E-state index in [2.05, 4.69) is 21.4 Å². The van der Waals surface area contributed by atoms with Crippen LogP contribution >= 0.6 is 38.9 Å². The molecule has 0 aliphatic carbocycles. The molecule has 0 saturated heterocycles. The molecule has 1 aromatic heterocycles. The van der Waals surface area contributed by atoms with Gasteiger partial charge >= 0.3 is 0 Å². The van der Waals surface area contributed by atoms with Crippen LogP contribution in [0.3, 0.4) is 0 Å². The summed E-state index contributed by atoms with van der Waals surface area (Å²) < 4.78 is 14.1. The Labute approximate surface area is 122 Å². The van der Waals surface area contributed by atoms with Crippen molar-refractivity contribution in [1.29, 1.82) is 0 Å². The van der Waals surface area contributed by atoms with E-state index in [1.807, 2.05) is 12.1 Å². The summed E-state index contributed by atoms with van der Waals surface area (Å²) in [5.41, 5.74) is 3.52. The van der Waals surface area contributed by atoms with Crippen molar-refractivity contribution >= 4 is 38.9 Å². The summed E-state index contributed by atoms with van der Waals surface area (Å²) in [5.74, 6) is 5.21. The average Bonchev–Trinajstić information content (AvgIpc) is 2.72. The summed E-state index contributed by atoms with van der Waals surface area (Å²) in [5, 5.41) is 0.383. The predicted molar refractivity (Wildman–Crippen MR) is 77.2 cm³/mol. The standard InChI is InChI=1S/C12H11BrClFN2S/c13-12-4-2-8(18-12)6-11(17-16)9-3-1-7(15)5-10(9)14/h1-5,11,17H,6,16H2. The van der Waals surface area contributed by atoms with Crippen molar-refractivity contribution < 1.29 is 4.39 Å². The molecule has 0 fully saturated rings. The highest BCUT2D eigenvalue weighted by Crippen LogP contribution is 2.29. The SMILES string of the molecule is NNC(Cc1ccc(Br)s1)c1ccc(F)cc1Cl. The van der Waals surface area contributed by atoms with Crippen LogP contribution in [0.2, 0.25) is 5.02 Å². The van der Waals surface area contributed by atoms with Crippen molar-refractivity contribution in [3.8, 4) is 0 Å². The van der Waals surface area contributed by atoms with E-state index in [1.165, 1.54) is 17.0 Å². The first-order valence-corrected chi connectivity index (χ1v) is 7.24. The van der Waals surface area contributed by atoms with Crippen LogP contribution < -0.4 is 11.3 Å². The first kappa shape index (κ1) is 14.0. The fourth-order valence-electron chi connectivity index (χ4n) is 1.71. The number of halogens is 3. The van der Waals surface area contributed by atoms with Crippen molar-refractivity contribution in [2.24, 2.45) is 5.84 Å². The minimum atomic E-state index is -0.349.